The fourth-order valence-electron chi connectivity index (χ4n) is 1.13. The van der Waals surface area contributed by atoms with E-state index in [0.29, 0.717) is 10.0 Å². The summed E-state index contributed by atoms with van der Waals surface area (Å²) in [6, 6.07) is 3.03. The van der Waals surface area contributed by atoms with E-state index < -0.39 is 11.2 Å². The third-order valence-electron chi connectivity index (χ3n) is 2.12. The monoisotopic (exact) mass is 280 g/mol. The van der Waals surface area contributed by atoms with E-state index in [1.165, 1.54) is 6.07 Å². The molecule has 0 heterocycles. The number of hydrogen-bond acceptors (Lipinski definition) is 1. The molecular formula is C10H11BrClFO. The Labute approximate surface area is 96.0 Å². The van der Waals surface area contributed by atoms with Crippen LogP contribution in [0.2, 0.25) is 5.02 Å². The smallest absolute Gasteiger partial charge is 0.143 e. The van der Waals surface area contributed by atoms with Crippen LogP contribution in [-0.2, 0) is 5.41 Å². The third-order valence-corrected chi connectivity index (χ3v) is 2.96. The second-order valence-electron chi connectivity index (χ2n) is 3.79. The Morgan fingerprint density at radius 2 is 2.07 bits per heavy atom. The number of aliphatic hydroxyl groups is 1. The summed E-state index contributed by atoms with van der Waals surface area (Å²) in [5.41, 5.74) is 0.0652. The van der Waals surface area contributed by atoms with E-state index >= 15 is 0 Å². The maximum absolute atomic E-state index is 13.3. The first kappa shape index (κ1) is 12.0. The van der Waals surface area contributed by atoms with E-state index in [-0.39, 0.29) is 11.6 Å². The predicted molar refractivity (Wildman–Crippen MR) is 59.2 cm³/mol. The molecule has 0 atom stereocenters. The minimum atomic E-state index is -0.540. The first-order valence-corrected chi connectivity index (χ1v) is 5.31. The fourth-order valence-corrected chi connectivity index (χ4v) is 1.93. The first-order chi connectivity index (χ1) is 6.38. The van der Waals surface area contributed by atoms with Crippen LogP contribution >= 0.6 is 27.5 Å². The first-order valence-electron chi connectivity index (χ1n) is 4.14. The molecule has 0 fully saturated rings. The molecule has 0 aromatic heterocycles. The van der Waals surface area contributed by atoms with Crippen molar-refractivity contribution in [1.29, 1.82) is 0 Å². The van der Waals surface area contributed by atoms with Crippen molar-refractivity contribution in [2.45, 2.75) is 19.3 Å². The van der Waals surface area contributed by atoms with Crippen LogP contribution in [0.5, 0.6) is 0 Å². The summed E-state index contributed by atoms with van der Waals surface area (Å²) in [5, 5.41) is 9.23. The number of hydrogen-bond donors (Lipinski definition) is 1. The zero-order valence-electron chi connectivity index (χ0n) is 7.94. The van der Waals surface area contributed by atoms with Crippen molar-refractivity contribution in [2.24, 2.45) is 0 Å². The molecule has 0 aliphatic heterocycles. The molecule has 1 aromatic carbocycles. The summed E-state index contributed by atoms with van der Waals surface area (Å²) in [6.07, 6.45) is 0. The molecule has 0 spiro atoms. The maximum Gasteiger partial charge on any atom is 0.143 e. The Morgan fingerprint density at radius 1 is 1.50 bits per heavy atom. The van der Waals surface area contributed by atoms with Gasteiger partial charge in [0.15, 0.2) is 0 Å². The Bertz CT molecular complexity index is 352. The second kappa shape index (κ2) is 4.17. The van der Waals surface area contributed by atoms with E-state index in [9.17, 15) is 4.39 Å². The topological polar surface area (TPSA) is 20.2 Å². The van der Waals surface area contributed by atoms with E-state index in [2.05, 4.69) is 15.9 Å². The molecule has 0 radical (unpaired) electrons. The summed E-state index contributed by atoms with van der Waals surface area (Å²) in [7, 11) is 0. The van der Waals surface area contributed by atoms with Gasteiger partial charge in [0.05, 0.1) is 11.6 Å². The average molecular weight is 282 g/mol. The highest BCUT2D eigenvalue weighted by Gasteiger charge is 2.24. The number of benzene rings is 1. The normalized spacial score (nSPS) is 11.9. The summed E-state index contributed by atoms with van der Waals surface area (Å²) < 4.78 is 13.9. The average Bonchev–Trinajstić information content (AvgIpc) is 2.11. The van der Waals surface area contributed by atoms with Crippen LogP contribution in [0.3, 0.4) is 0 Å². The van der Waals surface area contributed by atoms with Gasteiger partial charge in [0.1, 0.15) is 5.82 Å². The molecule has 0 saturated carbocycles. The van der Waals surface area contributed by atoms with Gasteiger partial charge >= 0.3 is 0 Å². The Hall–Kier alpha value is -0.120. The van der Waals surface area contributed by atoms with Gasteiger partial charge in [0.2, 0.25) is 0 Å². The van der Waals surface area contributed by atoms with Gasteiger partial charge in [-0.3, -0.25) is 0 Å². The maximum atomic E-state index is 13.3. The molecular weight excluding hydrogens is 270 g/mol. The van der Waals surface area contributed by atoms with Crippen LogP contribution in [-0.4, -0.2) is 11.7 Å². The van der Waals surface area contributed by atoms with Gasteiger partial charge in [-0.1, -0.05) is 41.4 Å². The lowest BCUT2D eigenvalue weighted by Gasteiger charge is -2.23. The molecule has 0 unspecified atom stereocenters. The molecule has 0 aliphatic carbocycles. The summed E-state index contributed by atoms with van der Waals surface area (Å²) in [6.45, 7) is 3.53. The Balaban J connectivity index is 3.34. The standard InChI is InChI=1S/C10H11BrClFO/c1-10(2,5-14)7-3-6(11)4-8(13)9(7)12/h3-4,14H,5H2,1-2H3. The van der Waals surface area contributed by atoms with Gasteiger partial charge in [-0.15, -0.1) is 0 Å². The number of halogens is 3. The van der Waals surface area contributed by atoms with Gasteiger partial charge < -0.3 is 5.11 Å². The minimum absolute atomic E-state index is 0.0762. The van der Waals surface area contributed by atoms with E-state index in [1.807, 2.05) is 0 Å². The van der Waals surface area contributed by atoms with Crippen LogP contribution in [0.4, 0.5) is 4.39 Å². The molecule has 4 heteroatoms. The van der Waals surface area contributed by atoms with Crippen LogP contribution in [0.25, 0.3) is 0 Å². The van der Waals surface area contributed by atoms with Crippen LogP contribution in [0, 0.1) is 5.82 Å². The number of rotatable bonds is 2. The van der Waals surface area contributed by atoms with Crippen molar-refractivity contribution in [1.82, 2.24) is 0 Å². The molecule has 1 N–H and O–H groups in total. The molecule has 1 nitrogen and oxygen atoms in total. The third kappa shape index (κ3) is 2.27. The molecule has 78 valence electrons. The van der Waals surface area contributed by atoms with Crippen molar-refractivity contribution in [3.63, 3.8) is 0 Å². The molecule has 1 rings (SSSR count). The molecule has 14 heavy (non-hydrogen) atoms. The van der Waals surface area contributed by atoms with Crippen molar-refractivity contribution in [3.8, 4) is 0 Å². The van der Waals surface area contributed by atoms with Crippen molar-refractivity contribution < 1.29 is 9.50 Å². The van der Waals surface area contributed by atoms with Crippen molar-refractivity contribution >= 4 is 27.5 Å². The summed E-state index contributed by atoms with van der Waals surface area (Å²) >= 11 is 9.01. The zero-order valence-corrected chi connectivity index (χ0v) is 10.3. The molecule has 1 aromatic rings. The Kier molecular flexibility index (Phi) is 3.56. The largest absolute Gasteiger partial charge is 0.395 e. The van der Waals surface area contributed by atoms with Crippen molar-refractivity contribution in [2.75, 3.05) is 6.61 Å². The van der Waals surface area contributed by atoms with Crippen LogP contribution < -0.4 is 0 Å². The van der Waals surface area contributed by atoms with E-state index in [1.54, 1.807) is 19.9 Å². The number of aliphatic hydroxyl groups excluding tert-OH is 1. The molecule has 0 saturated heterocycles. The highest BCUT2D eigenvalue weighted by molar-refractivity contribution is 9.10. The molecule has 0 bridgehead atoms. The van der Waals surface area contributed by atoms with Crippen molar-refractivity contribution in [3.05, 3.63) is 33.0 Å². The highest BCUT2D eigenvalue weighted by atomic mass is 79.9. The van der Waals surface area contributed by atoms with Gasteiger partial charge in [-0.05, 0) is 17.7 Å². The molecule has 0 amide bonds. The van der Waals surface area contributed by atoms with Gasteiger partial charge in [-0.2, -0.15) is 0 Å². The van der Waals surface area contributed by atoms with Crippen LogP contribution in [0.15, 0.2) is 16.6 Å². The summed E-state index contributed by atoms with van der Waals surface area (Å²) in [5.74, 6) is -0.474. The lowest BCUT2D eigenvalue weighted by molar-refractivity contribution is 0.218. The fraction of sp³-hybridized carbons (Fsp3) is 0.400. The SMILES string of the molecule is CC(C)(CO)c1cc(Br)cc(F)c1Cl. The lowest BCUT2D eigenvalue weighted by Crippen LogP contribution is -2.22. The quantitative estimate of drug-likeness (QED) is 0.823. The lowest BCUT2D eigenvalue weighted by atomic mass is 9.85. The van der Waals surface area contributed by atoms with E-state index in [4.69, 9.17) is 16.7 Å². The molecule has 0 aliphatic rings. The van der Waals surface area contributed by atoms with E-state index in [0.717, 1.165) is 0 Å². The van der Waals surface area contributed by atoms with Gasteiger partial charge in [0.25, 0.3) is 0 Å². The zero-order chi connectivity index (χ0) is 10.9. The predicted octanol–water partition coefficient (Wildman–Crippen LogP) is 3.51. The van der Waals surface area contributed by atoms with Gasteiger partial charge in [-0.25, -0.2) is 4.39 Å². The van der Waals surface area contributed by atoms with Gasteiger partial charge in [0, 0.05) is 9.89 Å². The van der Waals surface area contributed by atoms with Crippen LogP contribution in [0.1, 0.15) is 19.4 Å². The Morgan fingerprint density at radius 3 is 2.57 bits per heavy atom. The minimum Gasteiger partial charge on any atom is -0.395 e. The second-order valence-corrected chi connectivity index (χ2v) is 5.08. The highest BCUT2D eigenvalue weighted by Crippen LogP contribution is 2.33. The summed E-state index contributed by atoms with van der Waals surface area (Å²) in [4.78, 5) is 0.